The highest BCUT2D eigenvalue weighted by Gasteiger charge is 2.55. The maximum Gasteiger partial charge on any atom is 0.147 e. The summed E-state index contributed by atoms with van der Waals surface area (Å²) in [6, 6.07) is 120. The fraction of sp³-hybridized carbons (Fsp3) is 0.310. The first-order valence-corrected chi connectivity index (χ1v) is 48.5. The van der Waals surface area contributed by atoms with E-state index in [9.17, 15) is 5.11 Å². The lowest BCUT2D eigenvalue weighted by molar-refractivity contribution is -0.273. The van der Waals surface area contributed by atoms with Gasteiger partial charge in [-0.15, -0.1) is 21.7 Å². The predicted molar refractivity (Wildman–Crippen MR) is 528 cm³/mol. The largest absolute Gasteiger partial charge is 0.394 e. The molecule has 3 aromatic heterocycles. The third-order valence-electron chi connectivity index (χ3n) is 25.9. The SMILES string of the molecule is C#C[C@H]1O[C@H](Cn2cc([C@H]3O[C@H](Cn4cc([C@H]5O[C@H](Cn6cc([C@H]7O[C@H](CO)[C@@H](OCc8ccccc8)[C@H](OCc8ccccc8)[C@@H]7OCc7ccccc7)nn6)[C@@H](OCc6ccccc6)[C@H](OCc6ccccc6)[C@@H]5OCc5ccccc5)nn4)[C@@H](OCc4ccccc4)[C@H](OCc4ccccc4)[C@@H]3OCc3ccccc3)nn2)[C@@H](OCc2ccccc2)[C@H](OCc2ccccc2)[C@@H]1OCc1ccccc1. The van der Waals surface area contributed by atoms with Crippen LogP contribution in [-0.2, 0) is 175 Å². The van der Waals surface area contributed by atoms with Gasteiger partial charge in [0, 0.05) is 0 Å². The van der Waals surface area contributed by atoms with Gasteiger partial charge in [0.2, 0.25) is 0 Å². The van der Waals surface area contributed by atoms with E-state index in [-0.39, 0.29) is 98.9 Å². The summed E-state index contributed by atoms with van der Waals surface area (Å²) in [5, 5.41) is 41.7. The third kappa shape index (κ3) is 26.1. The molecule has 0 spiro atoms. The van der Waals surface area contributed by atoms with Crippen molar-refractivity contribution in [3.8, 4) is 12.3 Å². The smallest absolute Gasteiger partial charge is 0.147 e. The van der Waals surface area contributed by atoms with Gasteiger partial charge in [0.05, 0.1) is 124 Å². The second kappa shape index (κ2) is 50.1. The van der Waals surface area contributed by atoms with Crippen LogP contribution in [0.1, 0.15) is 102 Å². The molecule has 26 nitrogen and oxygen atoms in total. The van der Waals surface area contributed by atoms with Gasteiger partial charge in [-0.1, -0.05) is 386 Å². The van der Waals surface area contributed by atoms with Crippen molar-refractivity contribution >= 4 is 0 Å². The zero-order valence-corrected chi connectivity index (χ0v) is 78.8. The second-order valence-electron chi connectivity index (χ2n) is 36.0. The highest BCUT2D eigenvalue weighted by Crippen LogP contribution is 2.44. The van der Waals surface area contributed by atoms with Crippen LogP contribution < -0.4 is 0 Å². The van der Waals surface area contributed by atoms with Crippen molar-refractivity contribution in [3.63, 3.8) is 0 Å². The Hall–Kier alpha value is -13.1. The molecule has 4 aliphatic heterocycles. The highest BCUT2D eigenvalue weighted by molar-refractivity contribution is 5.26. The molecule has 728 valence electrons. The van der Waals surface area contributed by atoms with Crippen molar-refractivity contribution in [1.82, 2.24) is 45.0 Å². The average molecular weight is 1910 g/mol. The summed E-state index contributed by atoms with van der Waals surface area (Å²) >= 11 is 0. The lowest BCUT2D eigenvalue weighted by Gasteiger charge is -2.46. The molecule has 15 aromatic rings. The van der Waals surface area contributed by atoms with Crippen LogP contribution >= 0.6 is 0 Å². The Balaban J connectivity index is 0.688. The molecule has 0 saturated carbocycles. The Morgan fingerprint density at radius 2 is 0.387 bits per heavy atom. The summed E-state index contributed by atoms with van der Waals surface area (Å²) in [6.45, 7) is 1.92. The molecule has 4 fully saturated rings. The van der Waals surface area contributed by atoms with E-state index < -0.39 is 129 Å². The summed E-state index contributed by atoms with van der Waals surface area (Å²) < 4.78 is 121. The minimum atomic E-state index is -1.04. The van der Waals surface area contributed by atoms with Crippen molar-refractivity contribution in [2.45, 2.75) is 221 Å². The Morgan fingerprint density at radius 3 is 0.592 bits per heavy atom. The van der Waals surface area contributed by atoms with Gasteiger partial charge < -0.3 is 80.9 Å². The fourth-order valence-corrected chi connectivity index (χ4v) is 18.7. The normalized spacial score (nSPS) is 24.5. The van der Waals surface area contributed by atoms with Gasteiger partial charge in [-0.25, -0.2) is 14.0 Å². The quantitative estimate of drug-likeness (QED) is 0.0348. The van der Waals surface area contributed by atoms with Gasteiger partial charge in [-0.3, -0.25) is 0 Å². The van der Waals surface area contributed by atoms with E-state index in [4.69, 9.17) is 113 Å². The average Bonchev–Trinajstić information content (AvgIpc) is 1.50. The number of terminal acetylenes is 1. The zero-order chi connectivity index (χ0) is 96.1. The second-order valence-corrected chi connectivity index (χ2v) is 36.0. The number of ether oxygens (including phenoxy) is 16. The number of hydrogen-bond donors (Lipinski definition) is 1. The van der Waals surface area contributed by atoms with E-state index >= 15 is 0 Å². The number of hydrogen-bond acceptors (Lipinski definition) is 23. The van der Waals surface area contributed by atoms with Crippen LogP contribution in [0.15, 0.2) is 383 Å². The van der Waals surface area contributed by atoms with E-state index in [2.05, 4.69) is 5.92 Å². The molecule has 20 atom stereocenters. The van der Waals surface area contributed by atoms with Crippen molar-refractivity contribution < 1.29 is 80.9 Å². The Labute approximate surface area is 827 Å². The topological polar surface area (TPSA) is 260 Å². The van der Waals surface area contributed by atoms with Crippen LogP contribution in [-0.4, -0.2) is 160 Å². The van der Waals surface area contributed by atoms with Crippen LogP contribution in [0.5, 0.6) is 0 Å². The summed E-state index contributed by atoms with van der Waals surface area (Å²) in [4.78, 5) is 0. The number of aliphatic hydroxyl groups excluding tert-OH is 1. The zero-order valence-electron chi connectivity index (χ0n) is 78.8. The van der Waals surface area contributed by atoms with Gasteiger partial charge in [-0.2, -0.15) is 0 Å². The van der Waals surface area contributed by atoms with Gasteiger partial charge >= 0.3 is 0 Å². The molecule has 26 heteroatoms. The number of aromatic nitrogens is 9. The molecule has 0 bridgehead atoms. The van der Waals surface area contributed by atoms with E-state index in [0.29, 0.717) is 17.1 Å². The summed E-state index contributed by atoms with van der Waals surface area (Å²) in [6.07, 6.45) is -5.57. The van der Waals surface area contributed by atoms with Crippen molar-refractivity contribution in [1.29, 1.82) is 0 Å². The Morgan fingerprint density at radius 1 is 0.218 bits per heavy atom. The molecule has 4 saturated heterocycles. The van der Waals surface area contributed by atoms with Crippen LogP contribution in [0.4, 0.5) is 0 Å². The predicted octanol–water partition coefficient (Wildman–Crippen LogP) is 17.6. The summed E-state index contributed by atoms with van der Waals surface area (Å²) in [5.74, 6) is 2.95. The summed E-state index contributed by atoms with van der Waals surface area (Å²) in [5.41, 5.74) is 12.3. The van der Waals surface area contributed by atoms with Crippen molar-refractivity contribution in [3.05, 3.63) is 466 Å². The van der Waals surface area contributed by atoms with E-state index in [0.717, 1.165) is 66.8 Å². The minimum absolute atomic E-state index is 0.0219. The maximum atomic E-state index is 11.5. The fourth-order valence-electron chi connectivity index (χ4n) is 18.7. The van der Waals surface area contributed by atoms with Crippen molar-refractivity contribution in [2.24, 2.45) is 0 Å². The molecule has 4 aliphatic rings. The Bertz CT molecular complexity index is 6250. The molecule has 7 heterocycles. The standard InChI is InChI=1S/C116H117N9O17/c1-2-97-105(127-70-82-39-15-3-16-40-82)113(135-78-90-55-31-11-32-56-90)106(128-71-83-41-17-4-18-42-83)98(139-97)66-123-63-94(117-120-123)102-110(132-75-87-49-25-8-26-50-87)114(136-79-91-57-33-12-34-58-91)107(129-72-84-43-19-5-20-44-84)99(140-102)67-124-64-95(118-121-124)103-111(133-76-88-51-27-9-28-52-88)115(137-80-92-59-35-13-36-60-92)108(130-73-85-45-21-6-22-46-85)100(141-103)68-125-65-96(119-122-125)104-112(134-77-89-53-29-10-30-54-89)116(138-81-93-61-37-14-38-62-93)109(101(69-126)142-104)131-74-86-47-23-7-24-48-86/h1,3-65,97-116,126H,66-81H2/t97-,98-,99-,100-,101-,102-,103-,104-,105-,106-,107-,108-,109-,110-,111-,112-,113-,114+,115+,116+/m1/s1. The Kier molecular flexibility index (Phi) is 34.5. The maximum absolute atomic E-state index is 11.5. The van der Waals surface area contributed by atoms with Crippen molar-refractivity contribution in [2.75, 3.05) is 6.61 Å². The molecular formula is C116H117N9O17. The van der Waals surface area contributed by atoms with Gasteiger partial charge in [0.15, 0.2) is 0 Å². The van der Waals surface area contributed by atoms with E-state index in [1.165, 1.54) is 0 Å². The third-order valence-corrected chi connectivity index (χ3v) is 25.9. The van der Waals surface area contributed by atoms with Crippen LogP contribution in [0.2, 0.25) is 0 Å². The molecular weight excluding hydrogens is 1790 g/mol. The molecule has 1 N–H and O–H groups in total. The molecule has 0 amide bonds. The first-order chi connectivity index (χ1) is 70.3. The first-order valence-electron chi connectivity index (χ1n) is 48.5. The molecule has 0 aliphatic carbocycles. The van der Waals surface area contributed by atoms with Gasteiger partial charge in [0.25, 0.3) is 0 Å². The molecule has 142 heavy (non-hydrogen) atoms. The highest BCUT2D eigenvalue weighted by atomic mass is 16.6. The van der Waals surface area contributed by atoms with E-state index in [1.807, 2.05) is 383 Å². The monoisotopic (exact) mass is 1910 g/mol. The van der Waals surface area contributed by atoms with E-state index in [1.54, 1.807) is 14.0 Å². The minimum Gasteiger partial charge on any atom is -0.394 e. The molecule has 12 aromatic carbocycles. The molecule has 0 unspecified atom stereocenters. The molecule has 19 rings (SSSR count). The number of rotatable bonds is 46. The number of nitrogens with zero attached hydrogens (tertiary/aromatic N) is 9. The first kappa shape index (κ1) is 97.8. The molecule has 0 radical (unpaired) electrons. The van der Waals surface area contributed by atoms with Crippen LogP contribution in [0, 0.1) is 12.3 Å². The van der Waals surface area contributed by atoms with Crippen LogP contribution in [0.3, 0.4) is 0 Å². The summed E-state index contributed by atoms with van der Waals surface area (Å²) in [7, 11) is 0. The van der Waals surface area contributed by atoms with Gasteiger partial charge in [-0.05, 0) is 66.8 Å². The van der Waals surface area contributed by atoms with Gasteiger partial charge in [0.1, 0.15) is 139 Å². The lowest BCUT2D eigenvalue weighted by Crippen LogP contribution is -2.60. The van der Waals surface area contributed by atoms with Crippen LogP contribution in [0.25, 0.3) is 0 Å². The number of aliphatic hydroxyl groups is 1. The number of benzene rings is 12. The lowest BCUT2D eigenvalue weighted by atomic mass is 9.91.